The summed E-state index contributed by atoms with van der Waals surface area (Å²) >= 11 is 0. The van der Waals surface area contributed by atoms with Crippen LogP contribution in [-0.2, 0) is 9.47 Å². The number of H-pyrrole nitrogens is 1. The Labute approximate surface area is 140 Å². The molecule has 1 aromatic heterocycles. The second-order valence-corrected chi connectivity index (χ2v) is 6.31. The fourth-order valence-corrected chi connectivity index (χ4v) is 3.75. The van der Waals surface area contributed by atoms with E-state index in [1.54, 1.807) is 6.92 Å². The zero-order valence-electron chi connectivity index (χ0n) is 14.2. The van der Waals surface area contributed by atoms with Gasteiger partial charge in [0, 0.05) is 11.3 Å². The summed E-state index contributed by atoms with van der Waals surface area (Å²) in [6, 6.07) is 0. The summed E-state index contributed by atoms with van der Waals surface area (Å²) in [5.41, 5.74) is 1.37. The lowest BCUT2D eigenvalue weighted by Crippen LogP contribution is -2.23. The maximum Gasteiger partial charge on any atom is 0.340 e. The van der Waals surface area contributed by atoms with Crippen LogP contribution in [0.4, 0.5) is 0 Å². The van der Waals surface area contributed by atoms with Crippen molar-refractivity contribution in [3.8, 4) is 0 Å². The minimum absolute atomic E-state index is 0.00755. The van der Waals surface area contributed by atoms with Crippen LogP contribution >= 0.6 is 0 Å². The van der Waals surface area contributed by atoms with Crippen LogP contribution in [0.2, 0.25) is 0 Å². The molecule has 2 aliphatic rings. The quantitative estimate of drug-likeness (QED) is 0.860. The van der Waals surface area contributed by atoms with Crippen LogP contribution < -0.4 is 0 Å². The molecule has 2 aliphatic carbocycles. The van der Waals surface area contributed by atoms with Crippen molar-refractivity contribution in [1.82, 2.24) is 4.98 Å². The third-order valence-electron chi connectivity index (χ3n) is 4.98. The number of esters is 1. The fourth-order valence-electron chi connectivity index (χ4n) is 3.75. The first-order valence-corrected chi connectivity index (χ1v) is 8.19. The van der Waals surface area contributed by atoms with Crippen molar-refractivity contribution in [3.05, 3.63) is 33.8 Å². The lowest BCUT2D eigenvalue weighted by molar-refractivity contribution is 0.0594. The molecule has 1 N–H and O–H groups in total. The number of aromatic nitrogens is 1. The van der Waals surface area contributed by atoms with Crippen LogP contribution in [0.1, 0.15) is 81.8 Å². The van der Waals surface area contributed by atoms with Gasteiger partial charge in [-0.3, -0.25) is 9.59 Å². The SMILES string of the molecule is COC(=O)c1c(C2CCCCC2)[nH]c2c1C(=O)C(OC)=C(C)C2=O. The summed E-state index contributed by atoms with van der Waals surface area (Å²) < 4.78 is 10.0. The Morgan fingerprint density at radius 2 is 1.75 bits per heavy atom. The van der Waals surface area contributed by atoms with Gasteiger partial charge in [-0.1, -0.05) is 19.3 Å². The molecule has 0 spiro atoms. The average Bonchev–Trinajstić information content (AvgIpc) is 3.01. The average molecular weight is 331 g/mol. The van der Waals surface area contributed by atoms with Crippen LogP contribution in [0.25, 0.3) is 0 Å². The molecule has 0 atom stereocenters. The van der Waals surface area contributed by atoms with Gasteiger partial charge >= 0.3 is 5.97 Å². The van der Waals surface area contributed by atoms with Gasteiger partial charge in [-0.05, 0) is 25.7 Å². The minimum Gasteiger partial charge on any atom is -0.492 e. The summed E-state index contributed by atoms with van der Waals surface area (Å²) in [6.07, 6.45) is 5.15. The Balaban J connectivity index is 2.20. The number of aromatic amines is 1. The first kappa shape index (κ1) is 16.5. The second kappa shape index (κ2) is 6.26. The van der Waals surface area contributed by atoms with E-state index in [2.05, 4.69) is 4.98 Å². The van der Waals surface area contributed by atoms with E-state index in [0.717, 1.165) is 32.1 Å². The number of Topliss-reactive ketones (excluding diaryl/α,β-unsaturated/α-hetero) is 2. The van der Waals surface area contributed by atoms with Crippen molar-refractivity contribution in [1.29, 1.82) is 0 Å². The van der Waals surface area contributed by atoms with E-state index in [0.29, 0.717) is 5.69 Å². The Morgan fingerprint density at radius 3 is 2.33 bits per heavy atom. The number of allylic oxidation sites excluding steroid dienone is 2. The first-order valence-electron chi connectivity index (χ1n) is 8.19. The van der Waals surface area contributed by atoms with Crippen molar-refractivity contribution in [2.24, 2.45) is 0 Å². The Morgan fingerprint density at radius 1 is 1.08 bits per heavy atom. The van der Waals surface area contributed by atoms with Gasteiger partial charge in [-0.2, -0.15) is 0 Å². The zero-order valence-corrected chi connectivity index (χ0v) is 14.2. The van der Waals surface area contributed by atoms with Gasteiger partial charge in [0.05, 0.1) is 31.0 Å². The number of fused-ring (bicyclic) bond motifs is 1. The zero-order chi connectivity index (χ0) is 17.4. The highest BCUT2D eigenvalue weighted by molar-refractivity contribution is 6.28. The molecule has 1 fully saturated rings. The van der Waals surface area contributed by atoms with E-state index >= 15 is 0 Å². The highest BCUT2D eigenvalue weighted by Gasteiger charge is 2.40. The highest BCUT2D eigenvalue weighted by Crippen LogP contribution is 2.39. The molecule has 128 valence electrons. The summed E-state index contributed by atoms with van der Waals surface area (Å²) in [7, 11) is 2.63. The van der Waals surface area contributed by atoms with Gasteiger partial charge in [0.2, 0.25) is 11.6 Å². The normalized spacial score (nSPS) is 18.6. The Bertz CT molecular complexity index is 750. The molecule has 0 radical (unpaired) electrons. The van der Waals surface area contributed by atoms with Gasteiger partial charge in [0.1, 0.15) is 0 Å². The summed E-state index contributed by atoms with van der Waals surface area (Å²) in [5, 5.41) is 0. The smallest absolute Gasteiger partial charge is 0.340 e. The molecule has 1 aromatic rings. The van der Waals surface area contributed by atoms with Gasteiger partial charge in [0.15, 0.2) is 5.76 Å². The molecule has 0 saturated heterocycles. The van der Waals surface area contributed by atoms with E-state index in [1.807, 2.05) is 0 Å². The lowest BCUT2D eigenvalue weighted by Gasteiger charge is -2.21. The maximum absolute atomic E-state index is 12.8. The van der Waals surface area contributed by atoms with Gasteiger partial charge < -0.3 is 14.5 Å². The number of rotatable bonds is 3. The first-order chi connectivity index (χ1) is 11.5. The van der Waals surface area contributed by atoms with Crippen LogP contribution in [-0.4, -0.2) is 36.7 Å². The van der Waals surface area contributed by atoms with Crippen molar-refractivity contribution in [2.45, 2.75) is 44.9 Å². The monoisotopic (exact) mass is 331 g/mol. The van der Waals surface area contributed by atoms with Crippen molar-refractivity contribution in [2.75, 3.05) is 14.2 Å². The number of hydrogen-bond acceptors (Lipinski definition) is 5. The maximum atomic E-state index is 12.8. The van der Waals surface area contributed by atoms with Crippen LogP contribution in [0.3, 0.4) is 0 Å². The number of methoxy groups -OCH3 is 2. The molecule has 1 saturated carbocycles. The van der Waals surface area contributed by atoms with Gasteiger partial charge in [0.25, 0.3) is 0 Å². The number of carbonyl (C=O) groups excluding carboxylic acids is 3. The fraction of sp³-hybridized carbons (Fsp3) is 0.500. The van der Waals surface area contributed by atoms with Crippen LogP contribution in [0.15, 0.2) is 11.3 Å². The molecule has 3 rings (SSSR count). The Kier molecular flexibility index (Phi) is 4.30. The van der Waals surface area contributed by atoms with E-state index in [-0.39, 0.29) is 39.9 Å². The minimum atomic E-state index is -0.593. The molecule has 0 amide bonds. The van der Waals surface area contributed by atoms with E-state index < -0.39 is 11.8 Å². The number of ether oxygens (including phenoxy) is 2. The summed E-state index contributed by atoms with van der Waals surface area (Å²) in [6.45, 7) is 1.56. The molecule has 0 unspecified atom stereocenters. The van der Waals surface area contributed by atoms with Crippen molar-refractivity contribution < 1.29 is 23.9 Å². The third kappa shape index (κ3) is 2.37. The summed E-state index contributed by atoms with van der Waals surface area (Å²) in [4.78, 5) is 40.9. The molecule has 0 aliphatic heterocycles. The van der Waals surface area contributed by atoms with Crippen LogP contribution in [0, 0.1) is 0 Å². The van der Waals surface area contributed by atoms with Crippen molar-refractivity contribution >= 4 is 17.5 Å². The molecule has 6 nitrogen and oxygen atoms in total. The molecular weight excluding hydrogens is 310 g/mol. The largest absolute Gasteiger partial charge is 0.492 e. The van der Waals surface area contributed by atoms with E-state index in [1.165, 1.54) is 14.2 Å². The predicted octanol–water partition coefficient (Wildman–Crippen LogP) is 3.15. The summed E-state index contributed by atoms with van der Waals surface area (Å²) in [5.74, 6) is -1.22. The van der Waals surface area contributed by atoms with Gasteiger partial charge in [-0.15, -0.1) is 0 Å². The molecule has 0 aromatic carbocycles. The lowest BCUT2D eigenvalue weighted by atomic mass is 9.84. The molecule has 1 heterocycles. The number of ketones is 2. The molecule has 6 heteroatoms. The topological polar surface area (TPSA) is 85.5 Å². The highest BCUT2D eigenvalue weighted by atomic mass is 16.5. The Hall–Kier alpha value is -2.37. The number of carbonyl (C=O) groups is 3. The second-order valence-electron chi connectivity index (χ2n) is 6.31. The number of nitrogens with one attached hydrogen (secondary N) is 1. The molecule has 24 heavy (non-hydrogen) atoms. The predicted molar refractivity (Wildman–Crippen MR) is 86.3 cm³/mol. The van der Waals surface area contributed by atoms with E-state index in [4.69, 9.17) is 9.47 Å². The standard InChI is InChI=1S/C18H21NO5/c1-9-15(20)14-11(16(21)17(9)23-2)12(18(22)24-3)13(19-14)10-7-5-4-6-8-10/h10,19H,4-8H2,1-3H3. The third-order valence-corrected chi connectivity index (χ3v) is 4.98. The van der Waals surface area contributed by atoms with Crippen LogP contribution in [0.5, 0.6) is 0 Å². The van der Waals surface area contributed by atoms with Gasteiger partial charge in [-0.25, -0.2) is 4.79 Å². The van der Waals surface area contributed by atoms with Crippen molar-refractivity contribution in [3.63, 3.8) is 0 Å². The molecular formula is C18H21NO5. The number of hydrogen-bond donors (Lipinski definition) is 1. The molecule has 0 bridgehead atoms. The van der Waals surface area contributed by atoms with E-state index in [9.17, 15) is 14.4 Å².